The van der Waals surface area contributed by atoms with E-state index in [0.717, 1.165) is 18.6 Å². The molecule has 1 rings (SSSR count). The average Bonchev–Trinajstić information content (AvgIpc) is 2.23. The molecule has 0 aliphatic rings. The van der Waals surface area contributed by atoms with Crippen molar-refractivity contribution in [3.05, 3.63) is 35.1 Å². The molecule has 0 amide bonds. The van der Waals surface area contributed by atoms with Gasteiger partial charge in [0.25, 0.3) is 0 Å². The number of hydrogen-bond acceptors (Lipinski definition) is 1. The second kappa shape index (κ2) is 5.16. The van der Waals surface area contributed by atoms with Gasteiger partial charge < -0.3 is 5.32 Å². The number of benzene rings is 1. The van der Waals surface area contributed by atoms with Crippen LogP contribution in [0.25, 0.3) is 0 Å². The van der Waals surface area contributed by atoms with Gasteiger partial charge in [0.1, 0.15) is 5.82 Å². The van der Waals surface area contributed by atoms with Gasteiger partial charge in [0, 0.05) is 18.2 Å². The summed E-state index contributed by atoms with van der Waals surface area (Å²) >= 11 is 0. The van der Waals surface area contributed by atoms with Crippen LogP contribution in [0.3, 0.4) is 0 Å². The van der Waals surface area contributed by atoms with Crippen molar-refractivity contribution < 1.29 is 13.2 Å². The molecular weight excluding hydrogens is 203 g/mol. The number of hydrogen-bond donors (Lipinski definition) is 1. The van der Waals surface area contributed by atoms with Crippen LogP contribution >= 0.6 is 0 Å². The lowest BCUT2D eigenvalue weighted by molar-refractivity contribution is 0.456. The van der Waals surface area contributed by atoms with E-state index in [0.29, 0.717) is 0 Å². The highest BCUT2D eigenvalue weighted by Crippen LogP contribution is 2.15. The highest BCUT2D eigenvalue weighted by atomic mass is 19.2. The van der Waals surface area contributed by atoms with Gasteiger partial charge in [-0.15, -0.1) is 0 Å². The maximum absolute atomic E-state index is 13.2. The molecule has 1 aromatic rings. The first-order chi connectivity index (χ1) is 7.06. The van der Waals surface area contributed by atoms with Gasteiger partial charge in [0.15, 0.2) is 11.6 Å². The smallest absolute Gasteiger partial charge is 0.166 e. The molecule has 1 aromatic carbocycles. The zero-order valence-electron chi connectivity index (χ0n) is 8.78. The lowest BCUT2D eigenvalue weighted by Crippen LogP contribution is -2.25. The molecular formula is C11H14F3N. The average molecular weight is 217 g/mol. The molecule has 0 aliphatic heterocycles. The Balaban J connectivity index is 2.80. The van der Waals surface area contributed by atoms with Crippen molar-refractivity contribution in [1.29, 1.82) is 0 Å². The molecule has 0 aromatic heterocycles. The minimum atomic E-state index is -1.11. The summed E-state index contributed by atoms with van der Waals surface area (Å²) in [4.78, 5) is 0. The Morgan fingerprint density at radius 1 is 1.20 bits per heavy atom. The molecule has 1 N–H and O–H groups in total. The summed E-state index contributed by atoms with van der Waals surface area (Å²) < 4.78 is 39.1. The first-order valence-corrected chi connectivity index (χ1v) is 4.92. The SMILES string of the molecule is CCC(C)NCc1c(F)ccc(F)c1F. The third-order valence-electron chi connectivity index (χ3n) is 2.38. The molecule has 4 heteroatoms. The fraction of sp³-hybridized carbons (Fsp3) is 0.455. The topological polar surface area (TPSA) is 12.0 Å². The van der Waals surface area contributed by atoms with Gasteiger partial charge in [-0.25, -0.2) is 13.2 Å². The highest BCUT2D eigenvalue weighted by Gasteiger charge is 2.13. The van der Waals surface area contributed by atoms with Gasteiger partial charge >= 0.3 is 0 Å². The second-order valence-electron chi connectivity index (χ2n) is 3.51. The summed E-state index contributed by atoms with van der Waals surface area (Å²) in [5.41, 5.74) is -0.240. The van der Waals surface area contributed by atoms with E-state index in [2.05, 4.69) is 5.32 Å². The van der Waals surface area contributed by atoms with E-state index in [9.17, 15) is 13.2 Å². The van der Waals surface area contributed by atoms with Crippen molar-refractivity contribution in [1.82, 2.24) is 5.32 Å². The quantitative estimate of drug-likeness (QED) is 0.764. The summed E-state index contributed by atoms with van der Waals surface area (Å²) in [5, 5.41) is 2.91. The van der Waals surface area contributed by atoms with Gasteiger partial charge in [-0.2, -0.15) is 0 Å². The molecule has 0 bridgehead atoms. The molecule has 0 saturated carbocycles. The Bertz CT molecular complexity index is 339. The van der Waals surface area contributed by atoms with E-state index in [-0.39, 0.29) is 18.2 Å². The molecule has 1 atom stereocenters. The van der Waals surface area contributed by atoms with E-state index in [4.69, 9.17) is 0 Å². The Morgan fingerprint density at radius 2 is 1.80 bits per heavy atom. The minimum Gasteiger partial charge on any atom is -0.310 e. The molecule has 0 saturated heterocycles. The minimum absolute atomic E-state index is 0.00440. The maximum atomic E-state index is 13.2. The van der Waals surface area contributed by atoms with Gasteiger partial charge in [-0.05, 0) is 25.5 Å². The maximum Gasteiger partial charge on any atom is 0.166 e. The van der Waals surface area contributed by atoms with Crippen molar-refractivity contribution in [2.75, 3.05) is 0 Å². The largest absolute Gasteiger partial charge is 0.310 e. The summed E-state index contributed by atoms with van der Waals surface area (Å²) in [6, 6.07) is 1.87. The predicted molar refractivity (Wildman–Crippen MR) is 52.9 cm³/mol. The number of halogens is 3. The van der Waals surface area contributed by atoms with E-state index in [1.165, 1.54) is 0 Å². The summed E-state index contributed by atoms with van der Waals surface area (Å²) in [6.07, 6.45) is 0.846. The molecule has 15 heavy (non-hydrogen) atoms. The van der Waals surface area contributed by atoms with Crippen LogP contribution in [0.1, 0.15) is 25.8 Å². The lowest BCUT2D eigenvalue weighted by atomic mass is 10.1. The number of rotatable bonds is 4. The third kappa shape index (κ3) is 2.96. The fourth-order valence-electron chi connectivity index (χ4n) is 1.15. The van der Waals surface area contributed by atoms with Crippen LogP contribution < -0.4 is 5.32 Å². The van der Waals surface area contributed by atoms with Crippen LogP contribution in [0.5, 0.6) is 0 Å². The van der Waals surface area contributed by atoms with Gasteiger partial charge in [-0.3, -0.25) is 0 Å². The fourth-order valence-corrected chi connectivity index (χ4v) is 1.15. The van der Waals surface area contributed by atoms with Gasteiger partial charge in [0.05, 0.1) is 0 Å². The molecule has 0 heterocycles. The summed E-state index contributed by atoms with van der Waals surface area (Å²) in [5.74, 6) is -2.84. The zero-order valence-corrected chi connectivity index (χ0v) is 8.78. The van der Waals surface area contributed by atoms with Crippen LogP contribution in [0.4, 0.5) is 13.2 Å². The first kappa shape index (κ1) is 12.0. The van der Waals surface area contributed by atoms with Gasteiger partial charge in [-0.1, -0.05) is 6.92 Å². The van der Waals surface area contributed by atoms with Crippen molar-refractivity contribution in [3.63, 3.8) is 0 Å². The zero-order chi connectivity index (χ0) is 11.4. The van der Waals surface area contributed by atoms with Crippen LogP contribution in [-0.2, 0) is 6.54 Å². The van der Waals surface area contributed by atoms with Crippen molar-refractivity contribution >= 4 is 0 Å². The van der Waals surface area contributed by atoms with E-state index < -0.39 is 17.5 Å². The molecule has 0 spiro atoms. The van der Waals surface area contributed by atoms with Crippen molar-refractivity contribution in [2.45, 2.75) is 32.9 Å². The predicted octanol–water partition coefficient (Wildman–Crippen LogP) is 2.99. The molecule has 0 fully saturated rings. The van der Waals surface area contributed by atoms with E-state index >= 15 is 0 Å². The Hall–Kier alpha value is -1.03. The van der Waals surface area contributed by atoms with E-state index in [1.807, 2.05) is 13.8 Å². The van der Waals surface area contributed by atoms with Crippen LogP contribution in [-0.4, -0.2) is 6.04 Å². The standard InChI is InChI=1S/C11H14F3N/c1-3-7(2)15-6-8-9(12)4-5-10(13)11(8)14/h4-5,7,15H,3,6H2,1-2H3. The lowest BCUT2D eigenvalue weighted by Gasteiger charge is -2.12. The first-order valence-electron chi connectivity index (χ1n) is 4.92. The van der Waals surface area contributed by atoms with E-state index in [1.54, 1.807) is 0 Å². The highest BCUT2D eigenvalue weighted by molar-refractivity contribution is 5.21. The van der Waals surface area contributed by atoms with Gasteiger partial charge in [0.2, 0.25) is 0 Å². The summed E-state index contributed by atoms with van der Waals surface area (Å²) in [6.45, 7) is 3.86. The molecule has 0 aliphatic carbocycles. The number of nitrogens with one attached hydrogen (secondary N) is 1. The Kier molecular flexibility index (Phi) is 4.15. The molecule has 1 nitrogen and oxygen atoms in total. The third-order valence-corrected chi connectivity index (χ3v) is 2.38. The Morgan fingerprint density at radius 3 is 2.40 bits per heavy atom. The molecule has 84 valence electrons. The van der Waals surface area contributed by atoms with Crippen LogP contribution in [0, 0.1) is 17.5 Å². The monoisotopic (exact) mass is 217 g/mol. The van der Waals surface area contributed by atoms with Crippen LogP contribution in [0.2, 0.25) is 0 Å². The summed E-state index contributed by atoms with van der Waals surface area (Å²) in [7, 11) is 0. The van der Waals surface area contributed by atoms with Crippen molar-refractivity contribution in [2.24, 2.45) is 0 Å². The van der Waals surface area contributed by atoms with Crippen LogP contribution in [0.15, 0.2) is 12.1 Å². The molecule has 1 unspecified atom stereocenters. The van der Waals surface area contributed by atoms with Crippen molar-refractivity contribution in [3.8, 4) is 0 Å². The molecule has 0 radical (unpaired) electrons. The second-order valence-corrected chi connectivity index (χ2v) is 3.51. The normalized spacial score (nSPS) is 12.9. The Labute approximate surface area is 87.3 Å².